The fourth-order valence-electron chi connectivity index (χ4n) is 1.31. The molecule has 1 heterocycles. The van der Waals surface area contributed by atoms with Gasteiger partial charge in [0, 0.05) is 5.69 Å². The van der Waals surface area contributed by atoms with Gasteiger partial charge in [0.15, 0.2) is 9.45 Å². The predicted molar refractivity (Wildman–Crippen MR) is 78.4 cm³/mol. The number of thioether (sulfide) groups is 1. The number of nitrogens with one attached hydrogen (secondary N) is 1. The van der Waals surface area contributed by atoms with Crippen LogP contribution in [0.3, 0.4) is 0 Å². The number of carbonyl (C=O) groups is 1. The van der Waals surface area contributed by atoms with E-state index in [1.165, 1.54) is 23.1 Å². The molecule has 1 aromatic carbocycles. The molecule has 0 radical (unpaired) electrons. The molecule has 18 heavy (non-hydrogen) atoms. The topological polar surface area (TPSA) is 88.2 Å². The number of aliphatic carboxylic acids is 1. The molecule has 0 saturated carbocycles. The minimum absolute atomic E-state index is 0.0117. The van der Waals surface area contributed by atoms with Crippen molar-refractivity contribution in [1.82, 2.24) is 4.98 Å². The molecule has 1 aromatic heterocycles. The molecule has 0 spiro atoms. The number of nitrogens with two attached hydrogens (primary N) is 1. The zero-order chi connectivity index (χ0) is 13.1. The Labute approximate surface area is 116 Å². The maximum atomic E-state index is 10.5. The van der Waals surface area contributed by atoms with Crippen LogP contribution in [0.15, 0.2) is 22.5 Å². The first-order valence-corrected chi connectivity index (χ1v) is 7.07. The number of fused-ring (bicyclic) bond motifs is 1. The van der Waals surface area contributed by atoms with Gasteiger partial charge in [0.2, 0.25) is 0 Å². The number of carboxylic acids is 1. The third kappa shape index (κ3) is 3.31. The quantitative estimate of drug-likeness (QED) is 0.588. The van der Waals surface area contributed by atoms with E-state index in [-0.39, 0.29) is 10.9 Å². The normalized spacial score (nSPS) is 10.4. The maximum Gasteiger partial charge on any atom is 0.313 e. The van der Waals surface area contributed by atoms with Gasteiger partial charge < -0.3 is 16.2 Å². The number of hydrogen-bond donors (Lipinski definition) is 3. The monoisotopic (exact) mass is 299 g/mol. The first-order chi connectivity index (χ1) is 8.54. The molecule has 5 nitrogen and oxygen atoms in total. The second-order valence-electron chi connectivity index (χ2n) is 3.33. The van der Waals surface area contributed by atoms with Crippen LogP contribution in [0, 0.1) is 0 Å². The number of nitrogens with zero attached hydrogens (tertiary/aromatic N) is 1. The van der Waals surface area contributed by atoms with Crippen LogP contribution in [0.1, 0.15) is 0 Å². The summed E-state index contributed by atoms with van der Waals surface area (Å²) in [6.45, 7) is 0. The summed E-state index contributed by atoms with van der Waals surface area (Å²) in [5.74, 6) is -0.840. The number of carboxylic acid groups (broad SMARTS) is 1. The van der Waals surface area contributed by atoms with E-state index >= 15 is 0 Å². The number of rotatable bonds is 4. The highest BCUT2D eigenvalue weighted by molar-refractivity contribution is 8.01. The Hall–Kier alpha value is -1.38. The minimum atomic E-state index is -0.852. The summed E-state index contributed by atoms with van der Waals surface area (Å²) < 4.78 is 1.70. The number of anilines is 1. The lowest BCUT2D eigenvalue weighted by atomic mass is 10.3. The second kappa shape index (κ2) is 5.51. The van der Waals surface area contributed by atoms with Crippen molar-refractivity contribution in [3.8, 4) is 0 Å². The van der Waals surface area contributed by atoms with Crippen LogP contribution < -0.4 is 11.1 Å². The molecule has 0 atom stereocenters. The number of aromatic nitrogens is 1. The molecule has 0 amide bonds. The van der Waals surface area contributed by atoms with Crippen LogP contribution >= 0.6 is 35.3 Å². The van der Waals surface area contributed by atoms with Crippen LogP contribution in [-0.4, -0.2) is 26.9 Å². The van der Waals surface area contributed by atoms with E-state index in [1.807, 2.05) is 18.2 Å². The van der Waals surface area contributed by atoms with Crippen molar-refractivity contribution in [3.63, 3.8) is 0 Å². The van der Waals surface area contributed by atoms with Crippen molar-refractivity contribution < 1.29 is 9.90 Å². The molecular weight excluding hydrogens is 290 g/mol. The third-order valence-electron chi connectivity index (χ3n) is 1.96. The van der Waals surface area contributed by atoms with Gasteiger partial charge >= 0.3 is 5.97 Å². The fourth-order valence-corrected chi connectivity index (χ4v) is 3.25. The van der Waals surface area contributed by atoms with Crippen molar-refractivity contribution in [2.75, 3.05) is 11.1 Å². The Balaban J connectivity index is 2.22. The highest BCUT2D eigenvalue weighted by Crippen LogP contribution is 2.31. The first-order valence-electron chi connectivity index (χ1n) is 4.86. The van der Waals surface area contributed by atoms with Crippen LogP contribution in [0.2, 0.25) is 0 Å². The van der Waals surface area contributed by atoms with E-state index in [4.69, 9.17) is 23.1 Å². The standard InChI is InChI=1S/C10H9N3O2S3/c11-9(16)12-5-1-2-6-7(3-5)18-10(13-6)17-4-8(14)15/h1-3H,4H2,(H,14,15)(H3,11,12,16). The highest BCUT2D eigenvalue weighted by atomic mass is 32.2. The summed E-state index contributed by atoms with van der Waals surface area (Å²) in [7, 11) is 0. The van der Waals surface area contributed by atoms with Crippen molar-refractivity contribution in [1.29, 1.82) is 0 Å². The number of hydrogen-bond acceptors (Lipinski definition) is 5. The van der Waals surface area contributed by atoms with Crippen molar-refractivity contribution in [2.45, 2.75) is 4.34 Å². The number of benzene rings is 1. The van der Waals surface area contributed by atoms with E-state index in [0.717, 1.165) is 20.2 Å². The van der Waals surface area contributed by atoms with Gasteiger partial charge in [0.1, 0.15) is 0 Å². The molecule has 0 unspecified atom stereocenters. The molecule has 4 N–H and O–H groups in total. The summed E-state index contributed by atoms with van der Waals surface area (Å²) in [4.78, 5) is 14.8. The summed E-state index contributed by atoms with van der Waals surface area (Å²) in [5.41, 5.74) is 7.03. The van der Waals surface area contributed by atoms with E-state index in [1.54, 1.807) is 0 Å². The molecule has 0 aliphatic heterocycles. The molecule has 94 valence electrons. The molecule has 0 aliphatic carbocycles. The first kappa shape index (κ1) is 13.1. The smallest absolute Gasteiger partial charge is 0.313 e. The summed E-state index contributed by atoms with van der Waals surface area (Å²) in [6, 6.07) is 5.56. The van der Waals surface area contributed by atoms with Gasteiger partial charge in [-0.1, -0.05) is 11.8 Å². The van der Waals surface area contributed by atoms with Crippen LogP contribution in [0.5, 0.6) is 0 Å². The number of thiocarbonyl (C=S) groups is 1. The lowest BCUT2D eigenvalue weighted by molar-refractivity contribution is -0.133. The summed E-state index contributed by atoms with van der Waals surface area (Å²) in [5, 5.41) is 11.7. The van der Waals surface area contributed by atoms with Crippen molar-refractivity contribution >= 4 is 62.3 Å². The molecule has 8 heteroatoms. The Kier molecular flexibility index (Phi) is 4.00. The minimum Gasteiger partial charge on any atom is -0.481 e. The van der Waals surface area contributed by atoms with E-state index in [2.05, 4.69) is 10.3 Å². The molecule has 0 bridgehead atoms. The van der Waals surface area contributed by atoms with E-state index in [0.29, 0.717) is 0 Å². The van der Waals surface area contributed by atoms with Gasteiger partial charge in [0.05, 0.1) is 16.0 Å². The largest absolute Gasteiger partial charge is 0.481 e. The Morgan fingerprint density at radius 2 is 2.39 bits per heavy atom. The van der Waals surface area contributed by atoms with Crippen molar-refractivity contribution in [2.24, 2.45) is 5.73 Å². The lowest BCUT2D eigenvalue weighted by Crippen LogP contribution is -2.18. The predicted octanol–water partition coefficient (Wildman–Crippen LogP) is 2.13. The Bertz CT molecular complexity index is 611. The highest BCUT2D eigenvalue weighted by Gasteiger charge is 2.07. The number of thiazole rings is 1. The van der Waals surface area contributed by atoms with Gasteiger partial charge in [-0.05, 0) is 30.4 Å². The lowest BCUT2D eigenvalue weighted by Gasteiger charge is -2.01. The average molecular weight is 299 g/mol. The molecule has 0 aliphatic rings. The second-order valence-corrected chi connectivity index (χ2v) is 6.03. The zero-order valence-corrected chi connectivity index (χ0v) is 11.5. The zero-order valence-electron chi connectivity index (χ0n) is 9.04. The van der Waals surface area contributed by atoms with Crippen LogP contribution in [0.25, 0.3) is 10.2 Å². The van der Waals surface area contributed by atoms with Gasteiger partial charge in [-0.25, -0.2) is 4.98 Å². The Morgan fingerprint density at radius 1 is 1.61 bits per heavy atom. The maximum absolute atomic E-state index is 10.5. The van der Waals surface area contributed by atoms with E-state index < -0.39 is 5.97 Å². The molecule has 2 aromatic rings. The van der Waals surface area contributed by atoms with Crippen molar-refractivity contribution in [3.05, 3.63) is 18.2 Å². The molecular formula is C10H9N3O2S3. The van der Waals surface area contributed by atoms with Crippen LogP contribution in [-0.2, 0) is 4.79 Å². The summed E-state index contributed by atoms with van der Waals surface area (Å²) in [6.07, 6.45) is 0. The van der Waals surface area contributed by atoms with Crippen LogP contribution in [0.4, 0.5) is 5.69 Å². The third-order valence-corrected chi connectivity index (χ3v) is 4.20. The summed E-state index contributed by atoms with van der Waals surface area (Å²) >= 11 is 7.42. The average Bonchev–Trinajstić information content (AvgIpc) is 2.67. The SMILES string of the molecule is NC(=S)Nc1ccc2nc(SCC(=O)O)sc2c1. The van der Waals surface area contributed by atoms with Gasteiger partial charge in [0.25, 0.3) is 0 Å². The Morgan fingerprint density at radius 3 is 3.06 bits per heavy atom. The molecule has 2 rings (SSSR count). The fraction of sp³-hybridized carbons (Fsp3) is 0.100. The van der Waals surface area contributed by atoms with Gasteiger partial charge in [-0.15, -0.1) is 11.3 Å². The molecule has 0 saturated heterocycles. The van der Waals surface area contributed by atoms with Gasteiger partial charge in [-0.2, -0.15) is 0 Å². The van der Waals surface area contributed by atoms with Gasteiger partial charge in [-0.3, -0.25) is 4.79 Å². The molecule has 0 fully saturated rings. The van der Waals surface area contributed by atoms with E-state index in [9.17, 15) is 4.79 Å².